The van der Waals surface area contributed by atoms with Gasteiger partial charge in [-0.25, -0.2) is 8.42 Å². The lowest BCUT2D eigenvalue weighted by Gasteiger charge is -2.37. The van der Waals surface area contributed by atoms with Gasteiger partial charge in [-0.3, -0.25) is 4.79 Å². The molecular formula is C21H32N3O4S+. The largest absolute Gasteiger partial charge is 0.508 e. The van der Waals surface area contributed by atoms with Gasteiger partial charge in [0.05, 0.1) is 37.7 Å². The predicted octanol–water partition coefficient (Wildman–Crippen LogP) is 0.0554. The van der Waals surface area contributed by atoms with Gasteiger partial charge in [0, 0.05) is 17.8 Å². The molecule has 2 N–H and O–H groups in total. The quantitative estimate of drug-likeness (QED) is 0.701. The molecule has 1 aromatic carbocycles. The number of nitrogens with one attached hydrogen (secondary N) is 1. The number of benzene rings is 1. The first-order chi connectivity index (χ1) is 13.9. The average Bonchev–Trinajstić information content (AvgIpc) is 3.33. The molecule has 8 heteroatoms. The van der Waals surface area contributed by atoms with E-state index in [0.717, 1.165) is 57.5 Å². The summed E-state index contributed by atoms with van der Waals surface area (Å²) in [5, 5.41) is 9.46. The van der Waals surface area contributed by atoms with Crippen molar-refractivity contribution in [3.05, 3.63) is 24.3 Å². The Hall–Kier alpha value is -1.80. The number of hydrogen-bond acceptors (Lipinski definition) is 5. The van der Waals surface area contributed by atoms with Gasteiger partial charge >= 0.3 is 0 Å². The van der Waals surface area contributed by atoms with E-state index in [1.54, 1.807) is 12.1 Å². The van der Waals surface area contributed by atoms with Gasteiger partial charge in [0.25, 0.3) is 5.91 Å². The molecule has 1 aliphatic carbocycles. The summed E-state index contributed by atoms with van der Waals surface area (Å²) in [6.45, 7) is 3.96. The highest BCUT2D eigenvalue weighted by Gasteiger charge is 2.40. The van der Waals surface area contributed by atoms with Crippen LogP contribution in [0.25, 0.3) is 0 Å². The minimum atomic E-state index is -3.00. The number of carbonyl (C=O) groups is 1. The van der Waals surface area contributed by atoms with Crippen LogP contribution in [0, 0.1) is 0 Å². The lowest BCUT2D eigenvalue weighted by atomic mass is 10.1. The summed E-state index contributed by atoms with van der Waals surface area (Å²) in [4.78, 5) is 18.8. The van der Waals surface area contributed by atoms with Gasteiger partial charge in [-0.15, -0.1) is 0 Å². The van der Waals surface area contributed by atoms with Gasteiger partial charge in [-0.05, 0) is 43.5 Å². The number of amides is 1. The van der Waals surface area contributed by atoms with Crippen LogP contribution in [0.3, 0.4) is 0 Å². The zero-order valence-electron chi connectivity index (χ0n) is 16.9. The van der Waals surface area contributed by atoms with Crippen LogP contribution in [-0.4, -0.2) is 80.6 Å². The van der Waals surface area contributed by atoms with Crippen molar-refractivity contribution in [1.29, 1.82) is 0 Å². The molecule has 0 spiro atoms. The smallest absolute Gasteiger partial charge is 0.278 e. The second-order valence-electron chi connectivity index (χ2n) is 8.73. The summed E-state index contributed by atoms with van der Waals surface area (Å²) in [6, 6.07) is 7.34. The molecular weight excluding hydrogens is 390 g/mol. The maximum absolute atomic E-state index is 13.3. The number of sulfone groups is 1. The van der Waals surface area contributed by atoms with Crippen molar-refractivity contribution in [2.45, 2.75) is 44.2 Å². The summed E-state index contributed by atoms with van der Waals surface area (Å²) >= 11 is 0. The van der Waals surface area contributed by atoms with Crippen LogP contribution in [0.2, 0.25) is 0 Å². The summed E-state index contributed by atoms with van der Waals surface area (Å²) in [5.74, 6) is 0.752. The molecule has 2 saturated heterocycles. The summed E-state index contributed by atoms with van der Waals surface area (Å²) in [5.41, 5.74) is 1.09. The third kappa shape index (κ3) is 4.86. The van der Waals surface area contributed by atoms with E-state index in [9.17, 15) is 18.3 Å². The Kier molecular flexibility index (Phi) is 6.01. The van der Waals surface area contributed by atoms with E-state index < -0.39 is 9.84 Å². The molecule has 1 aromatic rings. The Balaban J connectivity index is 1.36. The maximum atomic E-state index is 13.3. The molecule has 3 fully saturated rings. The van der Waals surface area contributed by atoms with E-state index in [0.29, 0.717) is 13.0 Å². The minimum Gasteiger partial charge on any atom is -0.508 e. The Labute approximate surface area is 173 Å². The zero-order valence-corrected chi connectivity index (χ0v) is 17.7. The van der Waals surface area contributed by atoms with Gasteiger partial charge in [0.1, 0.15) is 5.75 Å². The average molecular weight is 423 g/mol. The molecule has 1 saturated carbocycles. The number of quaternary nitrogens is 1. The molecule has 0 unspecified atom stereocenters. The summed E-state index contributed by atoms with van der Waals surface area (Å²) in [7, 11) is -3.00. The van der Waals surface area contributed by atoms with Crippen molar-refractivity contribution in [2.75, 3.05) is 49.1 Å². The lowest BCUT2D eigenvalue weighted by Crippen LogP contribution is -3.16. The van der Waals surface area contributed by atoms with E-state index in [1.165, 1.54) is 4.90 Å². The highest BCUT2D eigenvalue weighted by Crippen LogP contribution is 2.29. The highest BCUT2D eigenvalue weighted by molar-refractivity contribution is 7.91. The molecule has 0 aromatic heterocycles. The number of phenolic OH excluding ortho intramolecular Hbond substituents is 1. The molecule has 29 heavy (non-hydrogen) atoms. The third-order valence-corrected chi connectivity index (χ3v) is 8.44. The molecule has 4 rings (SSSR count). The second kappa shape index (κ2) is 8.52. The topological polar surface area (TPSA) is 82.4 Å². The normalized spacial score (nSPS) is 25.4. The van der Waals surface area contributed by atoms with Gasteiger partial charge in [0.15, 0.2) is 16.4 Å². The van der Waals surface area contributed by atoms with E-state index in [-0.39, 0.29) is 35.2 Å². The van der Waals surface area contributed by atoms with Gasteiger partial charge in [0.2, 0.25) is 0 Å². The van der Waals surface area contributed by atoms with Crippen LogP contribution in [-0.2, 0) is 14.6 Å². The molecule has 160 valence electrons. The molecule has 1 amide bonds. The molecule has 2 aliphatic heterocycles. The predicted molar refractivity (Wildman–Crippen MR) is 112 cm³/mol. The monoisotopic (exact) mass is 422 g/mol. The maximum Gasteiger partial charge on any atom is 0.278 e. The van der Waals surface area contributed by atoms with Crippen molar-refractivity contribution < 1.29 is 23.2 Å². The van der Waals surface area contributed by atoms with Crippen molar-refractivity contribution in [2.24, 2.45) is 0 Å². The van der Waals surface area contributed by atoms with Crippen LogP contribution in [0.4, 0.5) is 5.69 Å². The Morgan fingerprint density at radius 1 is 1.07 bits per heavy atom. The number of hydrogen-bond donors (Lipinski definition) is 2. The first kappa shape index (κ1) is 20.5. The Morgan fingerprint density at radius 2 is 1.72 bits per heavy atom. The number of piperazine rings is 1. The van der Waals surface area contributed by atoms with Crippen LogP contribution in [0.1, 0.15) is 32.1 Å². The number of anilines is 1. The van der Waals surface area contributed by atoms with E-state index in [2.05, 4.69) is 4.90 Å². The summed E-state index contributed by atoms with van der Waals surface area (Å²) < 4.78 is 24.0. The molecule has 2 heterocycles. The van der Waals surface area contributed by atoms with Crippen molar-refractivity contribution in [3.63, 3.8) is 0 Å². The van der Waals surface area contributed by atoms with Crippen molar-refractivity contribution >= 4 is 21.4 Å². The number of aromatic hydroxyl groups is 1. The number of carbonyl (C=O) groups excluding carboxylic acids is 1. The molecule has 7 nitrogen and oxygen atoms in total. The number of phenols is 1. The first-order valence-electron chi connectivity index (χ1n) is 10.8. The van der Waals surface area contributed by atoms with Crippen LogP contribution < -0.4 is 9.80 Å². The van der Waals surface area contributed by atoms with Crippen molar-refractivity contribution in [1.82, 2.24) is 4.90 Å². The lowest BCUT2D eigenvalue weighted by molar-refractivity contribution is -0.892. The van der Waals surface area contributed by atoms with Crippen LogP contribution >= 0.6 is 0 Å². The Bertz CT molecular complexity index is 813. The van der Waals surface area contributed by atoms with Gasteiger partial charge < -0.3 is 19.8 Å². The second-order valence-corrected chi connectivity index (χ2v) is 11.0. The molecule has 0 radical (unpaired) electrons. The van der Waals surface area contributed by atoms with E-state index in [1.807, 2.05) is 17.0 Å². The van der Waals surface area contributed by atoms with Crippen molar-refractivity contribution in [3.8, 4) is 5.75 Å². The third-order valence-electron chi connectivity index (χ3n) is 6.69. The molecule has 3 aliphatic rings. The highest BCUT2D eigenvalue weighted by atomic mass is 32.2. The summed E-state index contributed by atoms with van der Waals surface area (Å²) in [6.07, 6.45) is 4.87. The number of rotatable bonds is 5. The van der Waals surface area contributed by atoms with E-state index in [4.69, 9.17) is 0 Å². The van der Waals surface area contributed by atoms with Crippen LogP contribution in [0.15, 0.2) is 24.3 Å². The fraction of sp³-hybridized carbons (Fsp3) is 0.667. The van der Waals surface area contributed by atoms with Gasteiger partial charge in [-0.2, -0.15) is 0 Å². The first-order valence-corrected chi connectivity index (χ1v) is 12.6. The van der Waals surface area contributed by atoms with E-state index >= 15 is 0 Å². The zero-order chi connectivity index (χ0) is 20.4. The fourth-order valence-corrected chi connectivity index (χ4v) is 6.82. The SMILES string of the molecule is O=C(C[NH+]1CCN(c2ccc(O)cc2)CC1)N(C1CCCC1)[C@H]1CCS(=O)(=O)C1. The molecule has 0 bridgehead atoms. The number of nitrogens with zero attached hydrogens (tertiary/aromatic N) is 2. The minimum absolute atomic E-state index is 0.131. The Morgan fingerprint density at radius 3 is 2.31 bits per heavy atom. The van der Waals surface area contributed by atoms with Gasteiger partial charge in [-0.1, -0.05) is 12.8 Å². The fourth-order valence-electron chi connectivity index (χ4n) is 5.11. The standard InChI is InChI=1S/C21H31N3O4S/c25-20-7-5-17(6-8-20)23-12-10-22(11-13-23)15-21(26)24(18-3-1-2-4-18)19-9-14-29(27,28)16-19/h5-8,18-19,25H,1-4,9-16H2/p+1/t19-/m0/s1. The van der Waals surface area contributed by atoms with Crippen LogP contribution in [0.5, 0.6) is 5.75 Å². The molecule has 1 atom stereocenters.